The number of benzene rings is 2. The van der Waals surface area contributed by atoms with Crippen LogP contribution in [0.2, 0.25) is 5.02 Å². The van der Waals surface area contributed by atoms with Crippen molar-refractivity contribution in [1.29, 1.82) is 0 Å². The van der Waals surface area contributed by atoms with Crippen molar-refractivity contribution in [3.05, 3.63) is 58.9 Å². The number of para-hydroxylation sites is 1. The SMILES string of the molecule is Cc1cc(C(=O)Nc2cccc(Cl)c2N2CCOCC2)ccc1-n1cnnn1. The zero-order valence-electron chi connectivity index (χ0n) is 15.3. The molecule has 0 bridgehead atoms. The second-order valence-electron chi connectivity index (χ2n) is 6.45. The van der Waals surface area contributed by atoms with Gasteiger partial charge in [-0.1, -0.05) is 17.7 Å². The lowest BCUT2D eigenvalue weighted by atomic mass is 10.1. The fourth-order valence-corrected chi connectivity index (χ4v) is 3.54. The third-order valence-corrected chi connectivity index (χ3v) is 4.92. The number of nitrogens with one attached hydrogen (secondary N) is 1. The van der Waals surface area contributed by atoms with Gasteiger partial charge in [0.25, 0.3) is 5.91 Å². The summed E-state index contributed by atoms with van der Waals surface area (Å²) >= 11 is 6.44. The van der Waals surface area contributed by atoms with Crippen LogP contribution in [0.25, 0.3) is 5.69 Å². The first-order valence-electron chi connectivity index (χ1n) is 8.90. The van der Waals surface area contributed by atoms with E-state index in [9.17, 15) is 4.79 Å². The molecule has 0 unspecified atom stereocenters. The third-order valence-electron chi connectivity index (χ3n) is 4.62. The van der Waals surface area contributed by atoms with Crippen LogP contribution in [0.1, 0.15) is 15.9 Å². The lowest BCUT2D eigenvalue weighted by molar-refractivity contribution is 0.102. The van der Waals surface area contributed by atoms with Gasteiger partial charge in [0.2, 0.25) is 0 Å². The number of rotatable bonds is 4. The molecule has 2 aromatic carbocycles. The van der Waals surface area contributed by atoms with Crippen LogP contribution < -0.4 is 10.2 Å². The van der Waals surface area contributed by atoms with Gasteiger partial charge in [-0.2, -0.15) is 0 Å². The Hall–Kier alpha value is -2.97. The van der Waals surface area contributed by atoms with Crippen molar-refractivity contribution in [1.82, 2.24) is 20.2 Å². The Balaban J connectivity index is 1.59. The summed E-state index contributed by atoms with van der Waals surface area (Å²) in [5, 5.41) is 14.8. The van der Waals surface area contributed by atoms with Crippen LogP contribution in [0.5, 0.6) is 0 Å². The maximum atomic E-state index is 12.9. The van der Waals surface area contributed by atoms with Crippen molar-refractivity contribution in [2.75, 3.05) is 36.5 Å². The van der Waals surface area contributed by atoms with Crippen LogP contribution in [0.15, 0.2) is 42.7 Å². The highest BCUT2D eigenvalue weighted by atomic mass is 35.5. The number of halogens is 1. The summed E-state index contributed by atoms with van der Waals surface area (Å²) in [5.41, 5.74) is 3.75. The summed E-state index contributed by atoms with van der Waals surface area (Å²) in [7, 11) is 0. The summed E-state index contributed by atoms with van der Waals surface area (Å²) in [6.07, 6.45) is 1.52. The number of nitrogens with zero attached hydrogens (tertiary/aromatic N) is 5. The minimum absolute atomic E-state index is 0.205. The van der Waals surface area contributed by atoms with E-state index >= 15 is 0 Å². The lowest BCUT2D eigenvalue weighted by Crippen LogP contribution is -2.37. The summed E-state index contributed by atoms with van der Waals surface area (Å²) in [6, 6.07) is 10.9. The van der Waals surface area contributed by atoms with E-state index < -0.39 is 0 Å². The molecule has 1 aliphatic heterocycles. The van der Waals surface area contributed by atoms with Crippen molar-refractivity contribution < 1.29 is 9.53 Å². The molecule has 144 valence electrons. The van der Waals surface area contributed by atoms with Crippen LogP contribution >= 0.6 is 11.6 Å². The summed E-state index contributed by atoms with van der Waals surface area (Å²) < 4.78 is 6.98. The highest BCUT2D eigenvalue weighted by molar-refractivity contribution is 6.34. The first-order chi connectivity index (χ1) is 13.6. The van der Waals surface area contributed by atoms with Crippen LogP contribution in [0, 0.1) is 6.92 Å². The molecule has 9 heteroatoms. The van der Waals surface area contributed by atoms with Gasteiger partial charge in [-0.15, -0.1) is 5.10 Å². The summed E-state index contributed by atoms with van der Waals surface area (Å²) in [4.78, 5) is 15.0. The monoisotopic (exact) mass is 398 g/mol. The molecule has 8 nitrogen and oxygen atoms in total. The number of carbonyl (C=O) groups is 1. The molecule has 1 N–H and O–H groups in total. The van der Waals surface area contributed by atoms with Gasteiger partial charge in [-0.05, 0) is 53.2 Å². The van der Waals surface area contributed by atoms with Crippen molar-refractivity contribution in [3.63, 3.8) is 0 Å². The molecule has 1 aromatic heterocycles. The quantitative estimate of drug-likeness (QED) is 0.727. The average molecular weight is 399 g/mol. The number of hydrogen-bond donors (Lipinski definition) is 1. The third kappa shape index (κ3) is 3.69. The predicted octanol–water partition coefficient (Wildman–Crippen LogP) is 2.71. The summed E-state index contributed by atoms with van der Waals surface area (Å²) in [6.45, 7) is 4.64. The summed E-state index contributed by atoms with van der Waals surface area (Å²) in [5.74, 6) is -0.205. The highest BCUT2D eigenvalue weighted by Gasteiger charge is 2.19. The van der Waals surface area contributed by atoms with Crippen molar-refractivity contribution in [3.8, 4) is 5.69 Å². The van der Waals surface area contributed by atoms with Gasteiger partial charge < -0.3 is 15.0 Å². The predicted molar refractivity (Wildman–Crippen MR) is 106 cm³/mol. The van der Waals surface area contributed by atoms with Gasteiger partial charge in [-0.3, -0.25) is 4.79 Å². The molecular formula is C19H19ClN6O2. The molecule has 2 heterocycles. The number of carbonyl (C=O) groups excluding carboxylic acids is 1. The fourth-order valence-electron chi connectivity index (χ4n) is 3.24. The standard InChI is InChI=1S/C19H19ClN6O2/c1-13-11-14(5-6-17(13)26-12-21-23-24-26)19(27)22-16-4-2-3-15(20)18(16)25-7-9-28-10-8-25/h2-6,11-12H,7-10H2,1H3,(H,22,27). The zero-order chi connectivity index (χ0) is 19.5. The van der Waals surface area contributed by atoms with Gasteiger partial charge >= 0.3 is 0 Å². The molecule has 0 aliphatic carbocycles. The van der Waals surface area contributed by atoms with E-state index in [1.54, 1.807) is 10.7 Å². The number of aromatic nitrogens is 4. The van der Waals surface area contributed by atoms with Crippen LogP contribution in [0.4, 0.5) is 11.4 Å². The van der Waals surface area contributed by atoms with Gasteiger partial charge in [0.15, 0.2) is 0 Å². The number of aryl methyl sites for hydroxylation is 1. The van der Waals surface area contributed by atoms with Crippen LogP contribution in [0.3, 0.4) is 0 Å². The maximum absolute atomic E-state index is 12.9. The Labute approximate surface area is 167 Å². The number of anilines is 2. The Morgan fingerprint density at radius 2 is 2.04 bits per heavy atom. The maximum Gasteiger partial charge on any atom is 0.255 e. The molecule has 0 saturated carbocycles. The van der Waals surface area contributed by atoms with E-state index in [1.807, 2.05) is 37.3 Å². The minimum Gasteiger partial charge on any atom is -0.378 e. The van der Waals surface area contributed by atoms with E-state index in [4.69, 9.17) is 16.3 Å². The van der Waals surface area contributed by atoms with Crippen LogP contribution in [-0.4, -0.2) is 52.4 Å². The van der Waals surface area contributed by atoms with Gasteiger partial charge in [0.05, 0.1) is 35.3 Å². The van der Waals surface area contributed by atoms with Crippen molar-refractivity contribution in [2.24, 2.45) is 0 Å². The Morgan fingerprint density at radius 1 is 1.21 bits per heavy atom. The van der Waals surface area contributed by atoms with Crippen LogP contribution in [-0.2, 0) is 4.74 Å². The molecule has 28 heavy (non-hydrogen) atoms. The van der Waals surface area contributed by atoms with Crippen molar-refractivity contribution in [2.45, 2.75) is 6.92 Å². The lowest BCUT2D eigenvalue weighted by Gasteiger charge is -2.31. The highest BCUT2D eigenvalue weighted by Crippen LogP contribution is 2.34. The number of amides is 1. The zero-order valence-corrected chi connectivity index (χ0v) is 16.1. The molecule has 0 atom stereocenters. The molecule has 0 radical (unpaired) electrons. The molecule has 1 fully saturated rings. The van der Waals surface area contributed by atoms with E-state index in [1.165, 1.54) is 6.33 Å². The normalized spacial score (nSPS) is 14.1. The molecule has 4 rings (SSSR count). The number of ether oxygens (including phenoxy) is 1. The Bertz CT molecular complexity index is 986. The number of tetrazole rings is 1. The van der Waals surface area contributed by atoms with E-state index in [-0.39, 0.29) is 5.91 Å². The van der Waals surface area contributed by atoms with Gasteiger partial charge in [0, 0.05) is 18.7 Å². The van der Waals surface area contributed by atoms with E-state index in [0.717, 1.165) is 30.0 Å². The Morgan fingerprint density at radius 3 is 2.75 bits per heavy atom. The van der Waals surface area contributed by atoms with E-state index in [0.29, 0.717) is 29.5 Å². The first kappa shape index (κ1) is 18.4. The van der Waals surface area contributed by atoms with E-state index in [2.05, 4.69) is 25.7 Å². The first-order valence-corrected chi connectivity index (χ1v) is 9.28. The van der Waals surface area contributed by atoms with Crippen molar-refractivity contribution >= 4 is 28.9 Å². The molecule has 0 spiro atoms. The van der Waals surface area contributed by atoms with Gasteiger partial charge in [-0.25, -0.2) is 4.68 Å². The molecule has 1 aliphatic rings. The smallest absolute Gasteiger partial charge is 0.255 e. The molecule has 1 amide bonds. The Kier molecular flexibility index (Phi) is 5.23. The second kappa shape index (κ2) is 7.95. The number of hydrogen-bond acceptors (Lipinski definition) is 6. The average Bonchev–Trinajstić information content (AvgIpc) is 3.23. The largest absolute Gasteiger partial charge is 0.378 e. The molecule has 3 aromatic rings. The fraction of sp³-hybridized carbons (Fsp3) is 0.263. The second-order valence-corrected chi connectivity index (χ2v) is 6.85. The topological polar surface area (TPSA) is 85.2 Å². The van der Waals surface area contributed by atoms with Gasteiger partial charge in [0.1, 0.15) is 6.33 Å². The number of morpholine rings is 1. The molecule has 1 saturated heterocycles. The minimum atomic E-state index is -0.205. The molecular weight excluding hydrogens is 380 g/mol.